The van der Waals surface area contributed by atoms with E-state index in [-0.39, 0.29) is 5.91 Å². The predicted octanol–water partition coefficient (Wildman–Crippen LogP) is 2.54. The summed E-state index contributed by atoms with van der Waals surface area (Å²) in [4.78, 5) is 13.9. The van der Waals surface area contributed by atoms with Crippen LogP contribution in [-0.2, 0) is 9.53 Å². The molecule has 1 aromatic carbocycles. The highest BCUT2D eigenvalue weighted by molar-refractivity contribution is 8.01. The Morgan fingerprint density at radius 2 is 2.22 bits per heavy atom. The van der Waals surface area contributed by atoms with Crippen molar-refractivity contribution in [2.75, 3.05) is 37.4 Å². The van der Waals surface area contributed by atoms with Gasteiger partial charge in [0.15, 0.2) is 4.34 Å². The van der Waals surface area contributed by atoms with Gasteiger partial charge in [-0.3, -0.25) is 4.79 Å². The number of nitrogens with zero attached hydrogens (tertiary/aromatic N) is 3. The predicted molar refractivity (Wildman–Crippen MR) is 92.5 cm³/mol. The van der Waals surface area contributed by atoms with Gasteiger partial charge in [0.05, 0.1) is 19.0 Å². The third-order valence-electron chi connectivity index (χ3n) is 3.36. The second kappa shape index (κ2) is 7.76. The van der Waals surface area contributed by atoms with Crippen molar-refractivity contribution in [3.05, 3.63) is 29.8 Å². The van der Waals surface area contributed by atoms with Crippen LogP contribution in [0.4, 0.5) is 10.8 Å². The number of aromatic nitrogens is 2. The first-order valence-electron chi connectivity index (χ1n) is 7.36. The van der Waals surface area contributed by atoms with Crippen LogP contribution < -0.4 is 5.32 Å². The zero-order chi connectivity index (χ0) is 16.1. The number of morpholine rings is 1. The van der Waals surface area contributed by atoms with Gasteiger partial charge in [0.2, 0.25) is 11.0 Å². The minimum atomic E-state index is 0.127. The zero-order valence-electron chi connectivity index (χ0n) is 12.8. The summed E-state index contributed by atoms with van der Waals surface area (Å²) in [5.74, 6) is 0.515. The number of carbonyl (C=O) groups is 1. The van der Waals surface area contributed by atoms with E-state index in [0.717, 1.165) is 15.2 Å². The number of hydrogen-bond acceptors (Lipinski definition) is 7. The standard InChI is InChI=1S/C15H18N4O2S2/c1-11-3-2-4-12(9-11)16-14-17-18-15(23-14)22-10-13(20)19-5-7-21-8-6-19/h2-4,9H,5-8,10H2,1H3,(H,16,17). The maximum Gasteiger partial charge on any atom is 0.233 e. The largest absolute Gasteiger partial charge is 0.378 e. The molecule has 0 unspecified atom stereocenters. The lowest BCUT2D eigenvalue weighted by atomic mass is 10.2. The van der Waals surface area contributed by atoms with Crippen molar-refractivity contribution in [1.82, 2.24) is 15.1 Å². The van der Waals surface area contributed by atoms with E-state index in [1.165, 1.54) is 28.7 Å². The van der Waals surface area contributed by atoms with E-state index in [0.29, 0.717) is 32.1 Å². The molecular formula is C15H18N4O2S2. The molecule has 122 valence electrons. The summed E-state index contributed by atoms with van der Waals surface area (Å²) in [5, 5.41) is 12.2. The van der Waals surface area contributed by atoms with Gasteiger partial charge in [0, 0.05) is 18.8 Å². The van der Waals surface area contributed by atoms with Gasteiger partial charge in [-0.05, 0) is 24.6 Å². The highest BCUT2D eigenvalue weighted by Crippen LogP contribution is 2.28. The molecule has 1 amide bonds. The molecule has 23 heavy (non-hydrogen) atoms. The smallest absolute Gasteiger partial charge is 0.233 e. The van der Waals surface area contributed by atoms with E-state index in [9.17, 15) is 4.79 Å². The molecule has 8 heteroatoms. The fraction of sp³-hybridized carbons (Fsp3) is 0.400. The van der Waals surface area contributed by atoms with Crippen molar-refractivity contribution < 1.29 is 9.53 Å². The highest BCUT2D eigenvalue weighted by Gasteiger charge is 2.17. The first-order chi connectivity index (χ1) is 11.2. The molecule has 2 aromatic rings. The topological polar surface area (TPSA) is 67.4 Å². The molecule has 1 fully saturated rings. The van der Waals surface area contributed by atoms with Gasteiger partial charge in [0.25, 0.3) is 0 Å². The Hall–Kier alpha value is -1.64. The van der Waals surface area contributed by atoms with E-state index in [1.807, 2.05) is 30.0 Å². The zero-order valence-corrected chi connectivity index (χ0v) is 14.5. The maximum atomic E-state index is 12.1. The highest BCUT2D eigenvalue weighted by atomic mass is 32.2. The monoisotopic (exact) mass is 350 g/mol. The summed E-state index contributed by atoms with van der Waals surface area (Å²) in [6.07, 6.45) is 0. The van der Waals surface area contributed by atoms with E-state index in [4.69, 9.17) is 4.74 Å². The van der Waals surface area contributed by atoms with Crippen molar-refractivity contribution in [2.24, 2.45) is 0 Å². The molecule has 0 atom stereocenters. The second-order valence-electron chi connectivity index (χ2n) is 5.15. The minimum absolute atomic E-state index is 0.127. The second-order valence-corrected chi connectivity index (χ2v) is 7.35. The molecule has 1 aliphatic rings. The molecule has 0 bridgehead atoms. The van der Waals surface area contributed by atoms with Crippen molar-refractivity contribution in [2.45, 2.75) is 11.3 Å². The lowest BCUT2D eigenvalue weighted by Crippen LogP contribution is -2.41. The number of amides is 1. The third-order valence-corrected chi connectivity index (χ3v) is 5.32. The lowest BCUT2D eigenvalue weighted by Gasteiger charge is -2.26. The molecule has 0 spiro atoms. The number of thioether (sulfide) groups is 1. The van der Waals surface area contributed by atoms with Crippen LogP contribution >= 0.6 is 23.1 Å². The van der Waals surface area contributed by atoms with E-state index in [2.05, 4.69) is 21.6 Å². The summed E-state index contributed by atoms with van der Waals surface area (Å²) in [6, 6.07) is 8.08. The first kappa shape index (κ1) is 16.2. The Bertz CT molecular complexity index is 671. The number of nitrogens with one attached hydrogen (secondary N) is 1. The summed E-state index contributed by atoms with van der Waals surface area (Å²) in [6.45, 7) is 4.65. The summed E-state index contributed by atoms with van der Waals surface area (Å²) in [7, 11) is 0. The Morgan fingerprint density at radius 1 is 1.39 bits per heavy atom. The fourth-order valence-corrected chi connectivity index (χ4v) is 3.87. The Labute approximate surface area is 143 Å². The summed E-state index contributed by atoms with van der Waals surface area (Å²) < 4.78 is 6.04. The SMILES string of the molecule is Cc1cccc(Nc2nnc(SCC(=O)N3CCOCC3)s2)c1. The number of aryl methyl sites for hydroxylation is 1. The van der Waals surface area contributed by atoms with E-state index >= 15 is 0 Å². The Balaban J connectivity index is 1.52. The Kier molecular flexibility index (Phi) is 5.47. The Morgan fingerprint density at radius 3 is 3.00 bits per heavy atom. The van der Waals surface area contributed by atoms with Crippen LogP contribution in [0, 0.1) is 6.92 Å². The van der Waals surface area contributed by atoms with Crippen molar-refractivity contribution in [3.8, 4) is 0 Å². The maximum absolute atomic E-state index is 12.1. The average Bonchev–Trinajstić information content (AvgIpc) is 3.01. The van der Waals surface area contributed by atoms with Crippen LogP contribution in [0.3, 0.4) is 0 Å². The minimum Gasteiger partial charge on any atom is -0.378 e. The summed E-state index contributed by atoms with van der Waals surface area (Å²) in [5.41, 5.74) is 2.17. The van der Waals surface area contributed by atoms with Crippen LogP contribution in [0.2, 0.25) is 0 Å². The van der Waals surface area contributed by atoms with Crippen LogP contribution in [0.15, 0.2) is 28.6 Å². The molecule has 2 heterocycles. The molecule has 0 aliphatic carbocycles. The van der Waals surface area contributed by atoms with Gasteiger partial charge in [-0.15, -0.1) is 10.2 Å². The molecule has 1 aromatic heterocycles. The van der Waals surface area contributed by atoms with Gasteiger partial charge in [-0.1, -0.05) is 35.2 Å². The van der Waals surface area contributed by atoms with Gasteiger partial charge in [0.1, 0.15) is 0 Å². The number of hydrogen-bond donors (Lipinski definition) is 1. The number of benzene rings is 1. The molecule has 3 rings (SSSR count). The van der Waals surface area contributed by atoms with Crippen LogP contribution in [0.5, 0.6) is 0 Å². The molecule has 1 saturated heterocycles. The van der Waals surface area contributed by atoms with Crippen molar-refractivity contribution >= 4 is 39.8 Å². The van der Waals surface area contributed by atoms with Gasteiger partial charge >= 0.3 is 0 Å². The van der Waals surface area contributed by atoms with Gasteiger partial charge < -0.3 is 15.0 Å². The number of rotatable bonds is 5. The van der Waals surface area contributed by atoms with Crippen LogP contribution in [0.1, 0.15) is 5.56 Å². The number of ether oxygens (including phenoxy) is 1. The lowest BCUT2D eigenvalue weighted by molar-refractivity contribution is -0.132. The van der Waals surface area contributed by atoms with Crippen molar-refractivity contribution in [3.63, 3.8) is 0 Å². The fourth-order valence-electron chi connectivity index (χ4n) is 2.19. The third kappa shape index (κ3) is 4.66. The number of anilines is 2. The van der Waals surface area contributed by atoms with Gasteiger partial charge in [-0.25, -0.2) is 0 Å². The molecule has 0 radical (unpaired) electrons. The first-order valence-corrected chi connectivity index (χ1v) is 9.16. The average molecular weight is 350 g/mol. The normalized spacial score (nSPS) is 14.7. The van der Waals surface area contributed by atoms with Crippen LogP contribution in [-0.4, -0.2) is 53.1 Å². The quantitative estimate of drug-likeness (QED) is 0.836. The molecule has 0 saturated carbocycles. The van der Waals surface area contributed by atoms with E-state index < -0.39 is 0 Å². The van der Waals surface area contributed by atoms with E-state index in [1.54, 1.807) is 0 Å². The molecule has 1 N–H and O–H groups in total. The summed E-state index contributed by atoms with van der Waals surface area (Å²) >= 11 is 2.89. The molecule has 1 aliphatic heterocycles. The van der Waals surface area contributed by atoms with Crippen LogP contribution in [0.25, 0.3) is 0 Å². The van der Waals surface area contributed by atoms with Crippen molar-refractivity contribution in [1.29, 1.82) is 0 Å². The molecular weight excluding hydrogens is 332 g/mol. The van der Waals surface area contributed by atoms with Gasteiger partial charge in [-0.2, -0.15) is 0 Å². The molecule has 6 nitrogen and oxygen atoms in total. The number of carbonyl (C=O) groups excluding carboxylic acids is 1.